The second-order valence-corrected chi connectivity index (χ2v) is 5.21. The number of urea groups is 1. The number of aromatic nitrogens is 2. The standard InChI is InChI=1S/C13H17F3N4O/c1-9-11(2-5-17-19-9)18-12(21)20-6-3-10(4-7-20)8-13(14,15)16/h2,5,10H,3-4,6-8H2,1H3,(H,17,18,21). The number of nitrogens with one attached hydrogen (secondary N) is 1. The third-order valence-electron chi connectivity index (χ3n) is 3.57. The summed E-state index contributed by atoms with van der Waals surface area (Å²) in [6.07, 6.45) is -2.68. The lowest BCUT2D eigenvalue weighted by molar-refractivity contribution is -0.147. The third kappa shape index (κ3) is 4.57. The molecule has 2 rings (SSSR count). The van der Waals surface area contributed by atoms with Crippen molar-refractivity contribution in [2.24, 2.45) is 5.92 Å². The lowest BCUT2D eigenvalue weighted by Gasteiger charge is -2.32. The first-order chi connectivity index (χ1) is 9.85. The number of halogens is 3. The van der Waals surface area contributed by atoms with Gasteiger partial charge in [0.25, 0.3) is 0 Å². The number of nitrogens with zero attached hydrogens (tertiary/aromatic N) is 3. The van der Waals surface area contributed by atoms with Gasteiger partial charge in [0.1, 0.15) is 0 Å². The number of likely N-dealkylation sites (tertiary alicyclic amines) is 1. The summed E-state index contributed by atoms with van der Waals surface area (Å²) in [7, 11) is 0. The smallest absolute Gasteiger partial charge is 0.325 e. The fourth-order valence-electron chi connectivity index (χ4n) is 2.40. The van der Waals surface area contributed by atoms with Crippen LogP contribution in [0.2, 0.25) is 0 Å². The van der Waals surface area contributed by atoms with Gasteiger partial charge >= 0.3 is 12.2 Å². The number of hydrogen-bond donors (Lipinski definition) is 1. The molecule has 0 saturated carbocycles. The number of aryl methyl sites for hydroxylation is 1. The van der Waals surface area contributed by atoms with E-state index in [-0.39, 0.29) is 6.03 Å². The summed E-state index contributed by atoms with van der Waals surface area (Å²) in [6.45, 7) is 2.40. The summed E-state index contributed by atoms with van der Waals surface area (Å²) in [6, 6.07) is 1.33. The van der Waals surface area contributed by atoms with Crippen LogP contribution in [0.3, 0.4) is 0 Å². The molecule has 1 aliphatic heterocycles. The number of hydrogen-bond acceptors (Lipinski definition) is 3. The van der Waals surface area contributed by atoms with Crippen LogP contribution in [0.15, 0.2) is 12.3 Å². The molecular formula is C13H17F3N4O. The minimum Gasteiger partial charge on any atom is -0.325 e. The molecule has 2 amide bonds. The fourth-order valence-corrected chi connectivity index (χ4v) is 2.40. The number of anilines is 1. The molecule has 0 bridgehead atoms. The Morgan fingerprint density at radius 2 is 2.10 bits per heavy atom. The quantitative estimate of drug-likeness (QED) is 0.913. The van der Waals surface area contributed by atoms with E-state index in [2.05, 4.69) is 15.5 Å². The topological polar surface area (TPSA) is 58.1 Å². The van der Waals surface area contributed by atoms with Gasteiger partial charge in [0.05, 0.1) is 17.6 Å². The maximum atomic E-state index is 12.3. The minimum atomic E-state index is -4.13. The molecule has 0 radical (unpaired) electrons. The van der Waals surface area contributed by atoms with Crippen molar-refractivity contribution in [2.75, 3.05) is 18.4 Å². The zero-order valence-electron chi connectivity index (χ0n) is 11.7. The van der Waals surface area contributed by atoms with Crippen molar-refractivity contribution in [3.8, 4) is 0 Å². The first kappa shape index (κ1) is 15.5. The van der Waals surface area contributed by atoms with Gasteiger partial charge in [-0.2, -0.15) is 23.4 Å². The van der Waals surface area contributed by atoms with E-state index in [1.54, 1.807) is 13.0 Å². The normalized spacial score (nSPS) is 16.9. The van der Waals surface area contributed by atoms with Gasteiger partial charge in [0.15, 0.2) is 0 Å². The van der Waals surface area contributed by atoms with E-state index in [0.29, 0.717) is 37.3 Å². The summed E-state index contributed by atoms with van der Waals surface area (Å²) >= 11 is 0. The highest BCUT2D eigenvalue weighted by Crippen LogP contribution is 2.31. The van der Waals surface area contributed by atoms with E-state index in [4.69, 9.17) is 0 Å². The lowest BCUT2D eigenvalue weighted by atomic mass is 9.93. The maximum absolute atomic E-state index is 12.3. The number of carbonyl (C=O) groups is 1. The monoisotopic (exact) mass is 302 g/mol. The molecule has 21 heavy (non-hydrogen) atoms. The SMILES string of the molecule is Cc1nnccc1NC(=O)N1CCC(CC(F)(F)F)CC1. The maximum Gasteiger partial charge on any atom is 0.389 e. The molecule has 0 aromatic carbocycles. The van der Waals surface area contributed by atoms with E-state index >= 15 is 0 Å². The predicted molar refractivity (Wildman–Crippen MR) is 70.8 cm³/mol. The van der Waals surface area contributed by atoms with Gasteiger partial charge in [-0.25, -0.2) is 4.79 Å². The zero-order valence-corrected chi connectivity index (χ0v) is 11.7. The van der Waals surface area contributed by atoms with Gasteiger partial charge in [0, 0.05) is 19.5 Å². The molecule has 2 heterocycles. The van der Waals surface area contributed by atoms with Gasteiger partial charge in [-0.3, -0.25) is 0 Å². The highest BCUT2D eigenvalue weighted by atomic mass is 19.4. The summed E-state index contributed by atoms with van der Waals surface area (Å²) in [5.74, 6) is -0.390. The van der Waals surface area contributed by atoms with E-state index in [0.717, 1.165) is 0 Å². The predicted octanol–water partition coefficient (Wildman–Crippen LogP) is 2.98. The van der Waals surface area contributed by atoms with E-state index in [1.165, 1.54) is 11.1 Å². The van der Waals surface area contributed by atoms with Crippen molar-refractivity contribution >= 4 is 11.7 Å². The highest BCUT2D eigenvalue weighted by molar-refractivity contribution is 5.89. The summed E-state index contributed by atoms with van der Waals surface area (Å²) in [5, 5.41) is 10.2. The van der Waals surface area contributed by atoms with Gasteiger partial charge in [-0.05, 0) is 31.7 Å². The molecule has 1 aromatic rings. The Kier molecular flexibility index (Phi) is 4.64. The second kappa shape index (κ2) is 6.28. The van der Waals surface area contributed by atoms with Gasteiger partial charge in [-0.1, -0.05) is 0 Å². The Balaban J connectivity index is 1.85. The number of piperidine rings is 1. The van der Waals surface area contributed by atoms with E-state index in [1.807, 2.05) is 0 Å². The second-order valence-electron chi connectivity index (χ2n) is 5.21. The lowest BCUT2D eigenvalue weighted by Crippen LogP contribution is -2.41. The van der Waals surface area contributed by atoms with Gasteiger partial charge in [0.2, 0.25) is 0 Å². The van der Waals surface area contributed by atoms with Crippen LogP contribution in [0, 0.1) is 12.8 Å². The number of carbonyl (C=O) groups excluding carboxylic acids is 1. The summed E-state index contributed by atoms with van der Waals surface area (Å²) in [4.78, 5) is 13.6. The van der Waals surface area contributed by atoms with Crippen molar-refractivity contribution in [3.05, 3.63) is 18.0 Å². The van der Waals surface area contributed by atoms with Crippen LogP contribution in [0.4, 0.5) is 23.7 Å². The average Bonchev–Trinajstić information content (AvgIpc) is 2.40. The molecule has 116 valence electrons. The van der Waals surface area contributed by atoms with Crippen LogP contribution < -0.4 is 5.32 Å². The molecule has 1 N–H and O–H groups in total. The van der Waals surface area contributed by atoms with Crippen LogP contribution in [0.5, 0.6) is 0 Å². The molecule has 1 aliphatic rings. The van der Waals surface area contributed by atoms with Crippen LogP contribution in [-0.4, -0.2) is 40.4 Å². The summed E-state index contributed by atoms with van der Waals surface area (Å²) < 4.78 is 37.0. The molecule has 1 aromatic heterocycles. The van der Waals surface area contributed by atoms with Crippen molar-refractivity contribution < 1.29 is 18.0 Å². The molecular weight excluding hydrogens is 285 g/mol. The Hall–Kier alpha value is -1.86. The molecule has 0 aliphatic carbocycles. The first-order valence-electron chi connectivity index (χ1n) is 6.76. The largest absolute Gasteiger partial charge is 0.389 e. The van der Waals surface area contributed by atoms with E-state index in [9.17, 15) is 18.0 Å². The minimum absolute atomic E-state index is 0.309. The van der Waals surface area contributed by atoms with Gasteiger partial charge in [-0.15, -0.1) is 0 Å². The first-order valence-corrected chi connectivity index (χ1v) is 6.76. The van der Waals surface area contributed by atoms with E-state index < -0.39 is 18.5 Å². The Morgan fingerprint density at radius 3 is 2.67 bits per heavy atom. The van der Waals surface area contributed by atoms with Crippen LogP contribution in [0.1, 0.15) is 25.0 Å². The Bertz CT molecular complexity index is 498. The molecule has 0 unspecified atom stereocenters. The molecule has 1 fully saturated rings. The third-order valence-corrected chi connectivity index (χ3v) is 3.57. The van der Waals surface area contributed by atoms with Crippen molar-refractivity contribution in [2.45, 2.75) is 32.4 Å². The fraction of sp³-hybridized carbons (Fsp3) is 0.615. The molecule has 8 heteroatoms. The van der Waals surface area contributed by atoms with Crippen LogP contribution in [-0.2, 0) is 0 Å². The van der Waals surface area contributed by atoms with Gasteiger partial charge < -0.3 is 10.2 Å². The molecule has 0 atom stereocenters. The Morgan fingerprint density at radius 1 is 1.43 bits per heavy atom. The molecule has 5 nitrogen and oxygen atoms in total. The van der Waals surface area contributed by atoms with Crippen molar-refractivity contribution in [1.82, 2.24) is 15.1 Å². The van der Waals surface area contributed by atoms with Crippen LogP contribution in [0.25, 0.3) is 0 Å². The molecule has 0 spiro atoms. The zero-order chi connectivity index (χ0) is 15.5. The van der Waals surface area contributed by atoms with Crippen molar-refractivity contribution in [3.63, 3.8) is 0 Å². The number of rotatable bonds is 2. The van der Waals surface area contributed by atoms with Crippen molar-refractivity contribution in [1.29, 1.82) is 0 Å². The number of amides is 2. The number of alkyl halides is 3. The highest BCUT2D eigenvalue weighted by Gasteiger charge is 2.34. The summed E-state index contributed by atoms with van der Waals surface area (Å²) in [5.41, 5.74) is 1.16. The van der Waals surface area contributed by atoms with Crippen LogP contribution >= 0.6 is 0 Å². The Labute approximate surface area is 120 Å². The molecule has 1 saturated heterocycles. The average molecular weight is 302 g/mol.